The summed E-state index contributed by atoms with van der Waals surface area (Å²) in [5.41, 5.74) is 5.95. The summed E-state index contributed by atoms with van der Waals surface area (Å²) in [4.78, 5) is 13.0. The summed E-state index contributed by atoms with van der Waals surface area (Å²) in [7, 11) is 0. The third-order valence-corrected chi connectivity index (χ3v) is 3.42. The molecule has 0 aliphatic carbocycles. The molecule has 0 bridgehead atoms. The minimum atomic E-state index is -0.210. The molecule has 0 radical (unpaired) electrons. The number of hydrogen-bond donors (Lipinski definition) is 2. The summed E-state index contributed by atoms with van der Waals surface area (Å²) >= 11 is 1.65. The summed E-state index contributed by atoms with van der Waals surface area (Å²) in [5, 5.41) is 12.6. The molecule has 6 nitrogen and oxygen atoms in total. The van der Waals surface area contributed by atoms with Gasteiger partial charge >= 0.3 is 0 Å². The van der Waals surface area contributed by atoms with Gasteiger partial charge in [-0.15, -0.1) is 28.8 Å². The van der Waals surface area contributed by atoms with Crippen molar-refractivity contribution in [1.29, 1.82) is 0 Å². The molecule has 0 aliphatic heterocycles. The van der Waals surface area contributed by atoms with Crippen LogP contribution in [0.4, 0.5) is 0 Å². The maximum absolute atomic E-state index is 11.8. The van der Waals surface area contributed by atoms with Gasteiger partial charge in [-0.3, -0.25) is 4.79 Å². The fraction of sp³-hybridized carbons (Fsp3) is 0.417. The Hall–Kier alpha value is -1.44. The van der Waals surface area contributed by atoms with Crippen molar-refractivity contribution in [1.82, 2.24) is 20.3 Å². The Labute approximate surface area is 127 Å². The fourth-order valence-corrected chi connectivity index (χ4v) is 2.24. The molecule has 1 amide bonds. The Balaban J connectivity index is 0.00000200. The highest BCUT2D eigenvalue weighted by Crippen LogP contribution is 2.09. The van der Waals surface area contributed by atoms with E-state index in [2.05, 4.69) is 15.6 Å². The average Bonchev–Trinajstić information content (AvgIpc) is 3.00. The van der Waals surface area contributed by atoms with E-state index < -0.39 is 0 Å². The molecule has 0 aliphatic rings. The van der Waals surface area contributed by atoms with Crippen LogP contribution in [-0.4, -0.2) is 33.5 Å². The van der Waals surface area contributed by atoms with E-state index in [1.165, 1.54) is 4.88 Å². The lowest BCUT2D eigenvalue weighted by atomic mass is 10.2. The smallest absolute Gasteiger partial charge is 0.273 e. The van der Waals surface area contributed by atoms with Gasteiger partial charge in [0.05, 0.1) is 12.7 Å². The summed E-state index contributed by atoms with van der Waals surface area (Å²) in [6.45, 7) is 3.09. The second-order valence-electron chi connectivity index (χ2n) is 4.40. The molecule has 110 valence electrons. The quantitative estimate of drug-likeness (QED) is 0.840. The highest BCUT2D eigenvalue weighted by atomic mass is 35.5. The molecule has 2 aromatic heterocycles. The Morgan fingerprint density at radius 2 is 2.40 bits per heavy atom. The second-order valence-corrected chi connectivity index (χ2v) is 5.43. The first-order valence-corrected chi connectivity index (χ1v) is 6.99. The number of nitrogens with two attached hydrogens (primary N) is 1. The third-order valence-electron chi connectivity index (χ3n) is 2.55. The van der Waals surface area contributed by atoms with Crippen LogP contribution in [0.3, 0.4) is 0 Å². The summed E-state index contributed by atoms with van der Waals surface area (Å²) in [6.07, 6.45) is 2.40. The van der Waals surface area contributed by atoms with Gasteiger partial charge in [0.15, 0.2) is 5.69 Å². The van der Waals surface area contributed by atoms with Gasteiger partial charge in [-0.2, -0.15) is 0 Å². The molecule has 2 rings (SSSR count). The van der Waals surface area contributed by atoms with E-state index in [0.29, 0.717) is 18.8 Å². The minimum Gasteiger partial charge on any atom is -0.351 e. The van der Waals surface area contributed by atoms with Crippen LogP contribution in [0.15, 0.2) is 23.7 Å². The molecule has 0 aromatic carbocycles. The third kappa shape index (κ3) is 4.92. The van der Waals surface area contributed by atoms with E-state index in [4.69, 9.17) is 5.73 Å². The molecule has 20 heavy (non-hydrogen) atoms. The van der Waals surface area contributed by atoms with Crippen molar-refractivity contribution in [2.75, 3.05) is 6.54 Å². The van der Waals surface area contributed by atoms with Gasteiger partial charge in [0.2, 0.25) is 0 Å². The first-order valence-electron chi connectivity index (χ1n) is 6.11. The minimum absolute atomic E-state index is 0. The predicted octanol–water partition coefficient (Wildman–Crippen LogP) is 1.28. The maximum atomic E-state index is 11.8. The van der Waals surface area contributed by atoms with Crippen molar-refractivity contribution in [3.05, 3.63) is 34.3 Å². The fourth-order valence-electron chi connectivity index (χ4n) is 1.55. The molecule has 0 fully saturated rings. The Morgan fingerprint density at radius 3 is 3.05 bits per heavy atom. The van der Waals surface area contributed by atoms with Crippen molar-refractivity contribution in [3.63, 3.8) is 0 Å². The number of thiophene rings is 1. The van der Waals surface area contributed by atoms with Crippen LogP contribution in [-0.2, 0) is 6.54 Å². The van der Waals surface area contributed by atoms with Gasteiger partial charge in [0.25, 0.3) is 5.91 Å². The number of halogens is 1. The average molecular weight is 316 g/mol. The molecule has 0 saturated heterocycles. The molecular formula is C12H18ClN5OS. The van der Waals surface area contributed by atoms with Crippen molar-refractivity contribution in [3.8, 4) is 0 Å². The zero-order valence-corrected chi connectivity index (χ0v) is 12.8. The number of hydrogen-bond acceptors (Lipinski definition) is 5. The normalized spacial score (nSPS) is 11.7. The number of nitrogens with zero attached hydrogens (tertiary/aromatic N) is 3. The number of rotatable bonds is 6. The summed E-state index contributed by atoms with van der Waals surface area (Å²) in [6, 6.07) is 4.09. The highest BCUT2D eigenvalue weighted by molar-refractivity contribution is 7.09. The molecular weight excluding hydrogens is 298 g/mol. The topological polar surface area (TPSA) is 85.8 Å². The van der Waals surface area contributed by atoms with Crippen molar-refractivity contribution >= 4 is 29.7 Å². The summed E-state index contributed by atoms with van der Waals surface area (Å²) < 4.78 is 1.66. The standard InChI is InChI=1S/C12H17N5OS.ClH/c1-9(13)4-5-14-12(18)11-8-17(16-15-11)7-10-3-2-6-19-10;/h2-3,6,8-9H,4-5,7,13H2,1H3,(H,14,18);1H. The lowest BCUT2D eigenvalue weighted by Crippen LogP contribution is -2.29. The van der Waals surface area contributed by atoms with Gasteiger partial charge in [0.1, 0.15) is 0 Å². The van der Waals surface area contributed by atoms with E-state index >= 15 is 0 Å². The van der Waals surface area contributed by atoms with Gasteiger partial charge in [-0.25, -0.2) is 4.68 Å². The van der Waals surface area contributed by atoms with Crippen LogP contribution in [0, 0.1) is 0 Å². The zero-order valence-electron chi connectivity index (χ0n) is 11.2. The lowest BCUT2D eigenvalue weighted by molar-refractivity contribution is 0.0947. The molecule has 2 aromatic rings. The van der Waals surface area contributed by atoms with Crippen LogP contribution < -0.4 is 11.1 Å². The van der Waals surface area contributed by atoms with Crippen LogP contribution in [0.2, 0.25) is 0 Å². The first-order chi connectivity index (χ1) is 9.15. The molecule has 1 atom stereocenters. The largest absolute Gasteiger partial charge is 0.351 e. The van der Waals surface area contributed by atoms with Crippen molar-refractivity contribution in [2.45, 2.75) is 25.9 Å². The van der Waals surface area contributed by atoms with Gasteiger partial charge in [0, 0.05) is 17.5 Å². The van der Waals surface area contributed by atoms with Crippen LogP contribution in [0.1, 0.15) is 28.7 Å². The number of carbonyl (C=O) groups excluding carboxylic acids is 1. The van der Waals surface area contributed by atoms with E-state index in [0.717, 1.165) is 6.42 Å². The molecule has 1 unspecified atom stereocenters. The monoisotopic (exact) mass is 315 g/mol. The Bertz CT molecular complexity index is 526. The Morgan fingerprint density at radius 1 is 1.60 bits per heavy atom. The molecule has 2 heterocycles. The summed E-state index contributed by atoms with van der Waals surface area (Å²) in [5.74, 6) is -0.210. The molecule has 0 spiro atoms. The van der Waals surface area contributed by atoms with E-state index in [-0.39, 0.29) is 24.4 Å². The van der Waals surface area contributed by atoms with Crippen molar-refractivity contribution in [2.24, 2.45) is 5.73 Å². The van der Waals surface area contributed by atoms with Gasteiger partial charge < -0.3 is 11.1 Å². The SMILES string of the molecule is CC(N)CCNC(=O)c1cn(Cc2cccs2)nn1.Cl. The lowest BCUT2D eigenvalue weighted by Gasteiger charge is -2.05. The first kappa shape index (κ1) is 16.6. The van der Waals surface area contributed by atoms with E-state index in [1.54, 1.807) is 22.2 Å². The van der Waals surface area contributed by atoms with E-state index in [9.17, 15) is 4.79 Å². The number of carbonyl (C=O) groups is 1. The van der Waals surface area contributed by atoms with Gasteiger partial charge in [-0.05, 0) is 24.8 Å². The predicted molar refractivity (Wildman–Crippen MR) is 81.3 cm³/mol. The molecule has 0 saturated carbocycles. The Kier molecular flexibility index (Phi) is 6.63. The molecule has 8 heteroatoms. The zero-order chi connectivity index (χ0) is 13.7. The maximum Gasteiger partial charge on any atom is 0.273 e. The van der Waals surface area contributed by atoms with E-state index in [1.807, 2.05) is 24.4 Å². The number of amides is 1. The number of nitrogens with one attached hydrogen (secondary N) is 1. The van der Waals surface area contributed by atoms with Crippen LogP contribution in [0.5, 0.6) is 0 Å². The second kappa shape index (κ2) is 7.98. The van der Waals surface area contributed by atoms with Crippen LogP contribution >= 0.6 is 23.7 Å². The van der Waals surface area contributed by atoms with Crippen LogP contribution in [0.25, 0.3) is 0 Å². The van der Waals surface area contributed by atoms with Gasteiger partial charge in [-0.1, -0.05) is 11.3 Å². The van der Waals surface area contributed by atoms with Crippen molar-refractivity contribution < 1.29 is 4.79 Å². The number of aromatic nitrogens is 3. The molecule has 3 N–H and O–H groups in total. The highest BCUT2D eigenvalue weighted by Gasteiger charge is 2.10.